The molecule has 0 spiro atoms. The Hall–Kier alpha value is -2.89. The highest BCUT2D eigenvalue weighted by Gasteiger charge is 2.23. The van der Waals surface area contributed by atoms with Gasteiger partial charge in [0.1, 0.15) is 5.65 Å². The highest BCUT2D eigenvalue weighted by molar-refractivity contribution is 5.93. The van der Waals surface area contributed by atoms with Crippen molar-refractivity contribution < 1.29 is 4.79 Å². The van der Waals surface area contributed by atoms with Gasteiger partial charge in [0.15, 0.2) is 0 Å². The van der Waals surface area contributed by atoms with Crippen molar-refractivity contribution in [1.82, 2.24) is 19.4 Å². The van der Waals surface area contributed by atoms with Crippen molar-refractivity contribution in [3.63, 3.8) is 0 Å². The van der Waals surface area contributed by atoms with Gasteiger partial charge in [-0.15, -0.1) is 0 Å². The third kappa shape index (κ3) is 3.35. The molecular weight excluding hydrogens is 352 g/mol. The Balaban J connectivity index is 1.70. The number of nitrogens with zero attached hydrogens (tertiary/aromatic N) is 3. The van der Waals surface area contributed by atoms with E-state index >= 15 is 0 Å². The molecule has 1 N–H and O–H groups in total. The molecule has 0 radical (unpaired) electrons. The van der Waals surface area contributed by atoms with Crippen LogP contribution < -0.4 is 5.56 Å². The summed E-state index contributed by atoms with van der Waals surface area (Å²) in [5.74, 6) is 0.557. The number of pyridine rings is 2. The molecule has 0 aliphatic carbocycles. The minimum absolute atomic E-state index is 0.0102. The van der Waals surface area contributed by atoms with Crippen LogP contribution in [0, 0.1) is 0 Å². The number of hydrogen-bond donors (Lipinski definition) is 1. The number of H-pyrrole nitrogens is 1. The first-order valence-electron chi connectivity index (χ1n) is 9.89. The van der Waals surface area contributed by atoms with Gasteiger partial charge < -0.3 is 14.5 Å². The number of fused-ring (bicyclic) bond motifs is 1. The monoisotopic (exact) mass is 378 g/mol. The molecule has 6 heteroatoms. The molecule has 28 heavy (non-hydrogen) atoms. The smallest absolute Gasteiger partial charge is 0.250 e. The number of aromatic amines is 1. The molecule has 1 amide bonds. The van der Waals surface area contributed by atoms with Crippen molar-refractivity contribution in [2.45, 2.75) is 45.6 Å². The molecule has 4 rings (SSSR count). The van der Waals surface area contributed by atoms with Gasteiger partial charge in [-0.1, -0.05) is 0 Å². The van der Waals surface area contributed by atoms with E-state index in [1.165, 1.54) is 5.69 Å². The van der Waals surface area contributed by atoms with E-state index in [1.807, 2.05) is 37.1 Å². The van der Waals surface area contributed by atoms with E-state index in [2.05, 4.69) is 16.0 Å². The summed E-state index contributed by atoms with van der Waals surface area (Å²) < 4.78 is 1.76. The van der Waals surface area contributed by atoms with Gasteiger partial charge in [-0.3, -0.25) is 9.59 Å². The third-order valence-corrected chi connectivity index (χ3v) is 5.74. The maximum Gasteiger partial charge on any atom is 0.250 e. The normalized spacial score (nSPS) is 15.5. The third-order valence-electron chi connectivity index (χ3n) is 5.74. The van der Waals surface area contributed by atoms with Gasteiger partial charge in [0.05, 0.1) is 0 Å². The summed E-state index contributed by atoms with van der Waals surface area (Å²) >= 11 is 0. The molecule has 0 aromatic carbocycles. The van der Waals surface area contributed by atoms with Crippen LogP contribution >= 0.6 is 0 Å². The molecule has 146 valence electrons. The fraction of sp³-hybridized carbons (Fsp3) is 0.409. The molecule has 0 atom stereocenters. The summed E-state index contributed by atoms with van der Waals surface area (Å²) in [5.41, 5.74) is 4.14. The average Bonchev–Trinajstić information content (AvgIpc) is 3.12. The van der Waals surface area contributed by atoms with Crippen molar-refractivity contribution in [1.29, 1.82) is 0 Å². The number of piperidine rings is 1. The Kier molecular flexibility index (Phi) is 4.79. The molecule has 3 aromatic rings. The number of carbonyl (C=O) groups is 1. The molecule has 1 aliphatic heterocycles. The number of aromatic nitrogens is 3. The zero-order chi connectivity index (χ0) is 19.8. The predicted octanol–water partition coefficient (Wildman–Crippen LogP) is 3.70. The van der Waals surface area contributed by atoms with Crippen LogP contribution in [0.5, 0.6) is 0 Å². The summed E-state index contributed by atoms with van der Waals surface area (Å²) in [6.07, 6.45) is 5.65. The van der Waals surface area contributed by atoms with Gasteiger partial charge in [0, 0.05) is 61.5 Å². The first kappa shape index (κ1) is 18.5. The molecule has 3 aromatic heterocycles. The molecule has 4 heterocycles. The fourth-order valence-electron chi connectivity index (χ4n) is 4.09. The molecule has 1 fully saturated rings. The van der Waals surface area contributed by atoms with E-state index in [-0.39, 0.29) is 17.5 Å². The highest BCUT2D eigenvalue weighted by Crippen LogP contribution is 2.33. The van der Waals surface area contributed by atoms with Crippen LogP contribution in [-0.2, 0) is 4.79 Å². The Morgan fingerprint density at radius 2 is 1.96 bits per heavy atom. The van der Waals surface area contributed by atoms with Gasteiger partial charge in [-0.2, -0.15) is 0 Å². The first-order chi connectivity index (χ1) is 13.4. The maximum atomic E-state index is 12.1. The summed E-state index contributed by atoms with van der Waals surface area (Å²) in [6.45, 7) is 7.25. The van der Waals surface area contributed by atoms with E-state index < -0.39 is 0 Å². The fourth-order valence-corrected chi connectivity index (χ4v) is 4.09. The lowest BCUT2D eigenvalue weighted by molar-refractivity contribution is -0.129. The molecule has 0 bridgehead atoms. The lowest BCUT2D eigenvalue weighted by Crippen LogP contribution is -2.36. The van der Waals surface area contributed by atoms with E-state index in [0.717, 1.165) is 48.1 Å². The first-order valence-corrected chi connectivity index (χ1v) is 9.89. The standard InChI is InChI=1S/C22H26N4O2/c1-14(2)26-13-17(4-5-21(26)28)18-6-9-23-22-19(18)12-20(24-22)16-7-10-25(11-8-16)15(3)27/h4-6,9,12-14,16H,7-8,10-11H2,1-3H3,(H,23,24). The number of likely N-dealkylation sites (tertiary alicyclic amines) is 1. The summed E-state index contributed by atoms with van der Waals surface area (Å²) in [4.78, 5) is 33.6. The Morgan fingerprint density at radius 1 is 1.21 bits per heavy atom. The van der Waals surface area contributed by atoms with Crippen molar-refractivity contribution in [3.05, 3.63) is 52.7 Å². The minimum atomic E-state index is 0.0102. The lowest BCUT2D eigenvalue weighted by Gasteiger charge is -2.30. The van der Waals surface area contributed by atoms with E-state index in [4.69, 9.17) is 0 Å². The number of hydrogen-bond acceptors (Lipinski definition) is 3. The van der Waals surface area contributed by atoms with Crippen LogP contribution in [0.3, 0.4) is 0 Å². The van der Waals surface area contributed by atoms with Crippen molar-refractivity contribution >= 4 is 16.9 Å². The van der Waals surface area contributed by atoms with Crippen molar-refractivity contribution in [3.8, 4) is 11.1 Å². The number of carbonyl (C=O) groups excluding carboxylic acids is 1. The van der Waals surface area contributed by atoms with Crippen LogP contribution in [0.4, 0.5) is 0 Å². The Labute approximate surface area is 164 Å². The predicted molar refractivity (Wildman–Crippen MR) is 110 cm³/mol. The van der Waals surface area contributed by atoms with Gasteiger partial charge >= 0.3 is 0 Å². The largest absolute Gasteiger partial charge is 0.343 e. The average molecular weight is 378 g/mol. The topological polar surface area (TPSA) is 71.0 Å². The summed E-state index contributed by atoms with van der Waals surface area (Å²) in [6, 6.07) is 7.82. The van der Waals surface area contributed by atoms with Gasteiger partial charge in [-0.25, -0.2) is 4.98 Å². The summed E-state index contributed by atoms with van der Waals surface area (Å²) in [7, 11) is 0. The van der Waals surface area contributed by atoms with Crippen molar-refractivity contribution in [2.24, 2.45) is 0 Å². The van der Waals surface area contributed by atoms with E-state index in [1.54, 1.807) is 23.8 Å². The second kappa shape index (κ2) is 7.26. The Morgan fingerprint density at radius 3 is 2.64 bits per heavy atom. The molecule has 1 saturated heterocycles. The highest BCUT2D eigenvalue weighted by atomic mass is 16.2. The van der Waals surface area contributed by atoms with Crippen LogP contribution in [0.2, 0.25) is 0 Å². The second-order valence-electron chi connectivity index (χ2n) is 7.88. The molecule has 6 nitrogen and oxygen atoms in total. The molecule has 1 aliphatic rings. The van der Waals surface area contributed by atoms with Gasteiger partial charge in [0.25, 0.3) is 5.56 Å². The Bertz CT molecular complexity index is 1070. The van der Waals surface area contributed by atoms with Crippen LogP contribution in [0.15, 0.2) is 41.5 Å². The number of nitrogens with one attached hydrogen (secondary N) is 1. The minimum Gasteiger partial charge on any atom is -0.343 e. The van der Waals surface area contributed by atoms with Crippen LogP contribution in [0.25, 0.3) is 22.2 Å². The summed E-state index contributed by atoms with van der Waals surface area (Å²) in [5, 5.41) is 1.07. The lowest BCUT2D eigenvalue weighted by atomic mass is 9.93. The van der Waals surface area contributed by atoms with Gasteiger partial charge in [-0.05, 0) is 56.0 Å². The quantitative estimate of drug-likeness (QED) is 0.755. The second-order valence-corrected chi connectivity index (χ2v) is 7.88. The van der Waals surface area contributed by atoms with Gasteiger partial charge in [0.2, 0.25) is 5.91 Å². The SMILES string of the molecule is CC(=O)N1CCC(c2cc3c(-c4ccc(=O)n(C(C)C)c4)ccnc3[nH]2)CC1. The van der Waals surface area contributed by atoms with E-state index in [0.29, 0.717) is 5.92 Å². The van der Waals surface area contributed by atoms with Crippen LogP contribution in [-0.4, -0.2) is 38.4 Å². The molecular formula is C22H26N4O2. The maximum absolute atomic E-state index is 12.1. The number of rotatable bonds is 3. The zero-order valence-electron chi connectivity index (χ0n) is 16.6. The molecule has 0 unspecified atom stereocenters. The van der Waals surface area contributed by atoms with Crippen molar-refractivity contribution in [2.75, 3.05) is 13.1 Å². The molecule has 0 saturated carbocycles. The van der Waals surface area contributed by atoms with Crippen LogP contribution in [0.1, 0.15) is 51.3 Å². The van der Waals surface area contributed by atoms with E-state index in [9.17, 15) is 9.59 Å². The zero-order valence-corrected chi connectivity index (χ0v) is 16.6. The number of amides is 1.